The molecule has 0 amide bonds. The number of nitrogens with zero attached hydrogens (tertiary/aromatic N) is 3. The lowest BCUT2D eigenvalue weighted by molar-refractivity contribution is 0.476. The molecule has 0 atom stereocenters. The fourth-order valence-electron chi connectivity index (χ4n) is 2.99. The van der Waals surface area contributed by atoms with E-state index in [1.165, 1.54) is 22.9 Å². The molecule has 4 aromatic rings. The largest absolute Gasteiger partial charge is 0.506 e. The van der Waals surface area contributed by atoms with Crippen LogP contribution in [0.15, 0.2) is 98.8 Å². The highest BCUT2D eigenvalue weighted by atomic mass is 32.2. The number of aromatic nitrogens is 2. The summed E-state index contributed by atoms with van der Waals surface area (Å²) in [5.41, 5.74) is 1.03. The zero-order valence-electron chi connectivity index (χ0n) is 16.9. The number of aromatic amines is 1. The van der Waals surface area contributed by atoms with Gasteiger partial charge in [0, 0.05) is 5.69 Å². The summed E-state index contributed by atoms with van der Waals surface area (Å²) in [6.07, 6.45) is 0. The van der Waals surface area contributed by atoms with Crippen molar-refractivity contribution in [1.82, 2.24) is 9.78 Å². The third-order valence-electron chi connectivity index (χ3n) is 4.60. The van der Waals surface area contributed by atoms with Gasteiger partial charge in [-0.05, 0) is 49.4 Å². The zero-order chi connectivity index (χ0) is 22.7. The van der Waals surface area contributed by atoms with Crippen molar-refractivity contribution in [2.45, 2.75) is 11.8 Å². The lowest BCUT2D eigenvalue weighted by Gasteiger charge is -2.08. The molecule has 9 nitrogen and oxygen atoms in total. The second kappa shape index (κ2) is 8.52. The van der Waals surface area contributed by atoms with Gasteiger partial charge in [-0.1, -0.05) is 36.4 Å². The number of phenols is 1. The Hall–Kier alpha value is -4.18. The normalized spacial score (nSPS) is 11.7. The fourth-order valence-corrected chi connectivity index (χ4v) is 4.07. The Morgan fingerprint density at radius 1 is 0.938 bits per heavy atom. The van der Waals surface area contributed by atoms with Crippen LogP contribution >= 0.6 is 0 Å². The summed E-state index contributed by atoms with van der Waals surface area (Å²) in [5.74, 6) is -0.274. The second-order valence-electron chi connectivity index (χ2n) is 6.88. The highest BCUT2D eigenvalue weighted by molar-refractivity contribution is 7.92. The average Bonchev–Trinajstić information content (AvgIpc) is 3.07. The van der Waals surface area contributed by atoms with E-state index in [1.807, 2.05) is 6.07 Å². The smallest absolute Gasteiger partial charge is 0.299 e. The molecule has 0 unspecified atom stereocenters. The molecule has 4 rings (SSSR count). The number of aromatic hydroxyl groups is 1. The van der Waals surface area contributed by atoms with Gasteiger partial charge in [0.15, 0.2) is 5.69 Å². The number of para-hydroxylation sites is 2. The summed E-state index contributed by atoms with van der Waals surface area (Å²) in [5, 5.41) is 21.0. The summed E-state index contributed by atoms with van der Waals surface area (Å²) in [4.78, 5) is 12.6. The molecule has 3 N–H and O–H groups in total. The molecule has 0 aliphatic carbocycles. The summed E-state index contributed by atoms with van der Waals surface area (Å²) in [6, 6.07) is 21.0. The van der Waals surface area contributed by atoms with Crippen molar-refractivity contribution in [3.05, 3.63) is 94.9 Å². The van der Waals surface area contributed by atoms with Gasteiger partial charge in [0.25, 0.3) is 15.6 Å². The van der Waals surface area contributed by atoms with E-state index < -0.39 is 15.6 Å². The van der Waals surface area contributed by atoms with E-state index in [0.717, 1.165) is 0 Å². The van der Waals surface area contributed by atoms with Gasteiger partial charge < -0.3 is 5.11 Å². The number of hydrogen-bond donors (Lipinski definition) is 3. The van der Waals surface area contributed by atoms with Crippen LogP contribution in [-0.2, 0) is 10.0 Å². The van der Waals surface area contributed by atoms with E-state index >= 15 is 0 Å². The van der Waals surface area contributed by atoms with Gasteiger partial charge >= 0.3 is 0 Å². The quantitative estimate of drug-likeness (QED) is 0.377. The number of rotatable bonds is 6. The van der Waals surface area contributed by atoms with Gasteiger partial charge in [-0.25, -0.2) is 13.1 Å². The number of H-pyrrole nitrogens is 1. The molecule has 0 radical (unpaired) electrons. The number of anilines is 1. The van der Waals surface area contributed by atoms with Gasteiger partial charge in [0.1, 0.15) is 11.4 Å². The molecule has 3 aromatic carbocycles. The number of nitrogens with one attached hydrogen (secondary N) is 2. The van der Waals surface area contributed by atoms with E-state index in [9.17, 15) is 18.3 Å². The number of sulfonamides is 1. The van der Waals surface area contributed by atoms with Gasteiger partial charge in [0.2, 0.25) is 0 Å². The molecule has 0 saturated heterocycles. The van der Waals surface area contributed by atoms with Crippen molar-refractivity contribution >= 4 is 27.1 Å². The summed E-state index contributed by atoms with van der Waals surface area (Å²) >= 11 is 0. The first-order chi connectivity index (χ1) is 15.3. The van der Waals surface area contributed by atoms with Gasteiger partial charge in [-0.2, -0.15) is 0 Å². The predicted molar refractivity (Wildman–Crippen MR) is 121 cm³/mol. The minimum atomic E-state index is -3.92. The highest BCUT2D eigenvalue weighted by Gasteiger charge is 2.17. The van der Waals surface area contributed by atoms with Crippen molar-refractivity contribution in [2.24, 2.45) is 10.2 Å². The lowest BCUT2D eigenvalue weighted by Crippen LogP contribution is -2.13. The molecule has 1 heterocycles. The molecule has 32 heavy (non-hydrogen) atoms. The minimum absolute atomic E-state index is 0.0453. The van der Waals surface area contributed by atoms with Crippen molar-refractivity contribution < 1.29 is 13.5 Å². The maximum Gasteiger partial charge on any atom is 0.299 e. The first kappa shape index (κ1) is 21.1. The number of phenolic OH excluding ortho intramolecular Hbond substituents is 1. The van der Waals surface area contributed by atoms with Crippen molar-refractivity contribution in [2.75, 3.05) is 4.72 Å². The molecule has 162 valence electrons. The van der Waals surface area contributed by atoms with Gasteiger partial charge in [-0.15, -0.1) is 10.2 Å². The molecule has 0 spiro atoms. The van der Waals surface area contributed by atoms with E-state index in [1.54, 1.807) is 61.5 Å². The monoisotopic (exact) mass is 449 g/mol. The lowest BCUT2D eigenvalue weighted by atomic mass is 10.3. The fraction of sp³-hybridized carbons (Fsp3) is 0.0455. The average molecular weight is 449 g/mol. The van der Waals surface area contributed by atoms with Crippen LogP contribution in [0.1, 0.15) is 5.69 Å². The SMILES string of the molecule is Cc1[nH]n(-c2ccccc2)c(=O)c1N=Nc1cc(S(=O)(=O)Nc2ccccc2)ccc1O. The molecule has 10 heteroatoms. The molecular weight excluding hydrogens is 430 g/mol. The van der Waals surface area contributed by atoms with Crippen LogP contribution < -0.4 is 10.3 Å². The van der Waals surface area contributed by atoms with Gasteiger partial charge in [0.05, 0.1) is 16.3 Å². The molecule has 0 bridgehead atoms. The van der Waals surface area contributed by atoms with Crippen LogP contribution in [0.2, 0.25) is 0 Å². The third-order valence-corrected chi connectivity index (χ3v) is 5.97. The molecule has 0 aliphatic heterocycles. The van der Waals surface area contributed by atoms with Crippen LogP contribution in [0, 0.1) is 6.92 Å². The first-order valence-electron chi connectivity index (χ1n) is 9.55. The predicted octanol–water partition coefficient (Wildman–Crippen LogP) is 4.40. The molecule has 0 aliphatic rings. The molecule has 1 aromatic heterocycles. The Morgan fingerprint density at radius 3 is 2.28 bits per heavy atom. The van der Waals surface area contributed by atoms with Crippen molar-refractivity contribution in [3.8, 4) is 11.4 Å². The summed E-state index contributed by atoms with van der Waals surface area (Å²) in [6.45, 7) is 1.67. The van der Waals surface area contributed by atoms with Crippen LogP contribution in [0.5, 0.6) is 5.75 Å². The number of benzene rings is 3. The van der Waals surface area contributed by atoms with E-state index in [0.29, 0.717) is 17.1 Å². The highest BCUT2D eigenvalue weighted by Crippen LogP contribution is 2.31. The van der Waals surface area contributed by atoms with Crippen LogP contribution in [-0.4, -0.2) is 23.3 Å². The van der Waals surface area contributed by atoms with Crippen molar-refractivity contribution in [1.29, 1.82) is 0 Å². The van der Waals surface area contributed by atoms with Crippen molar-refractivity contribution in [3.63, 3.8) is 0 Å². The minimum Gasteiger partial charge on any atom is -0.506 e. The summed E-state index contributed by atoms with van der Waals surface area (Å²) < 4.78 is 29.2. The first-order valence-corrected chi connectivity index (χ1v) is 11.0. The topological polar surface area (TPSA) is 129 Å². The second-order valence-corrected chi connectivity index (χ2v) is 8.57. The summed E-state index contributed by atoms with van der Waals surface area (Å²) in [7, 11) is -3.92. The Morgan fingerprint density at radius 2 is 1.59 bits per heavy atom. The molecular formula is C22H19N5O4S. The van der Waals surface area contributed by atoms with Crippen LogP contribution in [0.4, 0.5) is 17.1 Å². The Kier molecular flexibility index (Phi) is 5.61. The maximum atomic E-state index is 12.7. The van der Waals surface area contributed by atoms with E-state index in [-0.39, 0.29) is 22.0 Å². The Labute approximate surface area is 183 Å². The van der Waals surface area contributed by atoms with Gasteiger partial charge in [-0.3, -0.25) is 14.6 Å². The number of hydrogen-bond acceptors (Lipinski definition) is 6. The zero-order valence-corrected chi connectivity index (χ0v) is 17.7. The Bertz CT molecular complexity index is 1440. The number of aryl methyl sites for hydroxylation is 1. The van der Waals surface area contributed by atoms with E-state index in [4.69, 9.17) is 0 Å². The Balaban J connectivity index is 1.66. The molecule has 0 saturated carbocycles. The van der Waals surface area contributed by atoms with E-state index in [2.05, 4.69) is 20.0 Å². The standard InChI is InChI=1S/C22H19N5O4S/c1-15-21(22(29)27(25-15)17-10-6-3-7-11-17)24-23-19-14-18(12-13-20(19)28)32(30,31)26-16-8-4-2-5-9-16/h2-14,25-26,28H,1H3. The maximum absolute atomic E-state index is 12.7. The number of azo groups is 1. The van der Waals surface area contributed by atoms with Crippen LogP contribution in [0.25, 0.3) is 5.69 Å². The van der Waals surface area contributed by atoms with Crippen LogP contribution in [0.3, 0.4) is 0 Å². The molecule has 0 fully saturated rings. The third kappa shape index (κ3) is 4.30.